The Morgan fingerprint density at radius 1 is 1.09 bits per heavy atom. The van der Waals surface area contributed by atoms with Gasteiger partial charge < -0.3 is 19.7 Å². The van der Waals surface area contributed by atoms with Crippen molar-refractivity contribution >= 4 is 23.3 Å². The first-order valence-electron chi connectivity index (χ1n) is 10.6. The van der Waals surface area contributed by atoms with Crippen LogP contribution in [0, 0.1) is 5.41 Å². The first-order chi connectivity index (χ1) is 16.1. The zero-order valence-electron chi connectivity index (χ0n) is 18.2. The molecule has 1 fully saturated rings. The summed E-state index contributed by atoms with van der Waals surface area (Å²) in [6.07, 6.45) is -0.809. The Hall–Kier alpha value is -3.82. The van der Waals surface area contributed by atoms with Crippen LogP contribution < -0.4 is 10.2 Å². The molecule has 1 saturated heterocycles. The van der Waals surface area contributed by atoms with Crippen LogP contribution in [-0.4, -0.2) is 35.1 Å². The van der Waals surface area contributed by atoms with E-state index in [-0.39, 0.29) is 11.4 Å². The molecule has 0 saturated carbocycles. The maximum Gasteiger partial charge on any atom is 0.416 e. The van der Waals surface area contributed by atoms with Crippen molar-refractivity contribution in [2.45, 2.75) is 25.9 Å². The Bertz CT molecular complexity index is 1200. The third kappa shape index (κ3) is 4.75. The van der Waals surface area contributed by atoms with Crippen LogP contribution in [0.25, 0.3) is 11.3 Å². The van der Waals surface area contributed by atoms with Crippen molar-refractivity contribution in [3.63, 3.8) is 0 Å². The minimum atomic E-state index is -4.60. The van der Waals surface area contributed by atoms with E-state index in [1.165, 1.54) is 12.1 Å². The molecule has 178 valence electrons. The van der Waals surface area contributed by atoms with E-state index in [4.69, 9.17) is 4.42 Å². The average Bonchev–Trinajstić information content (AvgIpc) is 3.30. The highest BCUT2D eigenvalue weighted by Crippen LogP contribution is 2.39. The molecule has 0 radical (unpaired) electrons. The second kappa shape index (κ2) is 8.85. The van der Waals surface area contributed by atoms with Gasteiger partial charge in [-0.2, -0.15) is 13.2 Å². The summed E-state index contributed by atoms with van der Waals surface area (Å²) in [5.41, 5.74) is -0.752. The molecule has 0 atom stereocenters. The lowest BCUT2D eigenvalue weighted by atomic mass is 9.80. The van der Waals surface area contributed by atoms with Crippen LogP contribution >= 0.6 is 0 Å². The standard InChI is InChI=1S/C24H22F3N3O4/c1-23(22(32)33)8-12-30(13-9-23)18-3-2-16(24(25,26)27)14-17(18)29-21(31)20-5-4-19(34-20)15-6-10-28-11-7-15/h2-7,10-11,14H,8-9,12-13H2,1H3,(H,29,31)(H,32,33). The van der Waals surface area contributed by atoms with E-state index in [0.29, 0.717) is 42.9 Å². The molecule has 34 heavy (non-hydrogen) atoms. The number of carbonyl (C=O) groups is 2. The Morgan fingerprint density at radius 3 is 2.38 bits per heavy atom. The number of aromatic nitrogens is 1. The molecule has 4 rings (SSSR count). The number of piperidine rings is 1. The van der Waals surface area contributed by atoms with E-state index in [1.807, 2.05) is 0 Å². The van der Waals surface area contributed by atoms with Gasteiger partial charge in [-0.1, -0.05) is 0 Å². The number of alkyl halides is 3. The largest absolute Gasteiger partial charge is 0.481 e. The van der Waals surface area contributed by atoms with Gasteiger partial charge in [0.2, 0.25) is 0 Å². The van der Waals surface area contributed by atoms with Crippen LogP contribution in [-0.2, 0) is 11.0 Å². The van der Waals surface area contributed by atoms with Gasteiger partial charge in [-0.3, -0.25) is 14.6 Å². The number of nitrogens with zero attached hydrogens (tertiary/aromatic N) is 2. The number of carboxylic acids is 1. The molecule has 0 bridgehead atoms. The van der Waals surface area contributed by atoms with Gasteiger partial charge in [-0.25, -0.2) is 0 Å². The van der Waals surface area contributed by atoms with Gasteiger partial charge in [0, 0.05) is 31.0 Å². The van der Waals surface area contributed by atoms with Gasteiger partial charge >= 0.3 is 12.1 Å². The van der Waals surface area contributed by atoms with Crippen molar-refractivity contribution < 1.29 is 32.3 Å². The van der Waals surface area contributed by atoms with Gasteiger partial charge in [0.1, 0.15) is 5.76 Å². The van der Waals surface area contributed by atoms with E-state index < -0.39 is 29.0 Å². The third-order valence-electron chi connectivity index (χ3n) is 6.09. The van der Waals surface area contributed by atoms with E-state index in [1.54, 1.807) is 42.4 Å². The second-order valence-electron chi connectivity index (χ2n) is 8.44. The molecule has 1 amide bonds. The van der Waals surface area contributed by atoms with Crippen molar-refractivity contribution in [3.05, 3.63) is 66.2 Å². The van der Waals surface area contributed by atoms with Crippen LogP contribution in [0.2, 0.25) is 0 Å². The predicted octanol–water partition coefficient (Wildman–Crippen LogP) is 5.30. The lowest BCUT2D eigenvalue weighted by molar-refractivity contribution is -0.149. The molecule has 1 aliphatic rings. The number of carbonyl (C=O) groups excluding carboxylic acids is 1. The molecule has 1 aromatic carbocycles. The number of anilines is 2. The predicted molar refractivity (Wildman–Crippen MR) is 119 cm³/mol. The molecule has 3 heterocycles. The van der Waals surface area contributed by atoms with Crippen molar-refractivity contribution in [3.8, 4) is 11.3 Å². The number of aliphatic carboxylic acids is 1. The first-order valence-corrected chi connectivity index (χ1v) is 10.6. The van der Waals surface area contributed by atoms with Crippen molar-refractivity contribution in [2.75, 3.05) is 23.3 Å². The Kier molecular flexibility index (Phi) is 6.07. The third-order valence-corrected chi connectivity index (χ3v) is 6.09. The van der Waals surface area contributed by atoms with E-state index in [2.05, 4.69) is 10.3 Å². The summed E-state index contributed by atoms with van der Waals surface area (Å²) >= 11 is 0. The van der Waals surface area contributed by atoms with Gasteiger partial charge in [0.25, 0.3) is 5.91 Å². The summed E-state index contributed by atoms with van der Waals surface area (Å²) in [5.74, 6) is -1.25. The van der Waals surface area contributed by atoms with Crippen LogP contribution in [0.15, 0.2) is 59.3 Å². The van der Waals surface area contributed by atoms with Gasteiger partial charge in [-0.15, -0.1) is 0 Å². The van der Waals surface area contributed by atoms with Crippen molar-refractivity contribution in [1.29, 1.82) is 0 Å². The highest BCUT2D eigenvalue weighted by atomic mass is 19.4. The smallest absolute Gasteiger partial charge is 0.416 e. The summed E-state index contributed by atoms with van der Waals surface area (Å²) in [4.78, 5) is 30.1. The molecule has 1 aliphatic heterocycles. The summed E-state index contributed by atoms with van der Waals surface area (Å²) < 4.78 is 45.7. The van der Waals surface area contributed by atoms with Gasteiger partial charge in [0.15, 0.2) is 5.76 Å². The van der Waals surface area contributed by atoms with Crippen LogP contribution in [0.4, 0.5) is 24.5 Å². The molecular formula is C24H22F3N3O4. The minimum absolute atomic E-state index is 0.0272. The minimum Gasteiger partial charge on any atom is -0.481 e. The molecule has 2 aromatic heterocycles. The van der Waals surface area contributed by atoms with Crippen LogP contribution in [0.1, 0.15) is 35.9 Å². The second-order valence-corrected chi connectivity index (χ2v) is 8.44. The number of furan rings is 1. The summed E-state index contributed by atoms with van der Waals surface area (Å²) in [6, 6.07) is 9.56. The number of rotatable bonds is 5. The topological polar surface area (TPSA) is 95.7 Å². The number of nitrogens with one attached hydrogen (secondary N) is 1. The monoisotopic (exact) mass is 473 g/mol. The van der Waals surface area contributed by atoms with Crippen molar-refractivity contribution in [2.24, 2.45) is 5.41 Å². The Morgan fingerprint density at radius 2 is 1.76 bits per heavy atom. The summed E-state index contributed by atoms with van der Waals surface area (Å²) in [5, 5.41) is 12.0. The highest BCUT2D eigenvalue weighted by Gasteiger charge is 2.38. The van der Waals surface area contributed by atoms with E-state index in [9.17, 15) is 27.9 Å². The van der Waals surface area contributed by atoms with Crippen molar-refractivity contribution in [1.82, 2.24) is 4.98 Å². The quantitative estimate of drug-likeness (QED) is 0.522. The van der Waals surface area contributed by atoms with Gasteiger partial charge in [-0.05, 0) is 62.2 Å². The molecule has 10 heteroatoms. The fraction of sp³-hybridized carbons (Fsp3) is 0.292. The van der Waals surface area contributed by atoms with Crippen LogP contribution in [0.3, 0.4) is 0 Å². The molecule has 0 unspecified atom stereocenters. The fourth-order valence-corrected chi connectivity index (χ4v) is 3.86. The molecule has 0 aliphatic carbocycles. The van der Waals surface area contributed by atoms with Gasteiger partial charge in [0.05, 0.1) is 22.4 Å². The maximum atomic E-state index is 13.4. The zero-order chi connectivity index (χ0) is 24.5. The summed E-state index contributed by atoms with van der Waals surface area (Å²) in [7, 11) is 0. The molecule has 3 aromatic rings. The molecule has 2 N–H and O–H groups in total. The van der Waals surface area contributed by atoms with E-state index >= 15 is 0 Å². The number of pyridine rings is 1. The maximum absolute atomic E-state index is 13.4. The lowest BCUT2D eigenvalue weighted by Crippen LogP contribution is -2.43. The normalized spacial score (nSPS) is 15.7. The first kappa shape index (κ1) is 23.3. The SMILES string of the molecule is CC1(C(=O)O)CCN(c2ccc(C(F)(F)F)cc2NC(=O)c2ccc(-c3ccncc3)o2)CC1. The number of amides is 1. The van der Waals surface area contributed by atoms with E-state index in [0.717, 1.165) is 12.1 Å². The molecular weight excluding hydrogens is 451 g/mol. The van der Waals surface area contributed by atoms with Crippen LogP contribution in [0.5, 0.6) is 0 Å². The number of carboxylic acid groups (broad SMARTS) is 1. The summed E-state index contributed by atoms with van der Waals surface area (Å²) in [6.45, 7) is 2.30. The average molecular weight is 473 g/mol. The Labute approximate surface area is 193 Å². The fourth-order valence-electron chi connectivity index (χ4n) is 3.86. The highest BCUT2D eigenvalue weighted by molar-refractivity contribution is 6.04. The lowest BCUT2D eigenvalue weighted by Gasteiger charge is -2.38. The number of hydrogen-bond donors (Lipinski definition) is 2. The number of benzene rings is 1. The number of hydrogen-bond acceptors (Lipinski definition) is 5. The molecule has 7 nitrogen and oxygen atoms in total. The Balaban J connectivity index is 1.60. The molecule has 0 spiro atoms. The number of halogens is 3. The zero-order valence-corrected chi connectivity index (χ0v) is 18.2.